The quantitative estimate of drug-likeness (QED) is 0.210. The summed E-state index contributed by atoms with van der Waals surface area (Å²) in [4.78, 5) is 83.5. The van der Waals surface area contributed by atoms with Crippen molar-refractivity contribution in [3.63, 3.8) is 0 Å². The van der Waals surface area contributed by atoms with Gasteiger partial charge in [-0.2, -0.15) is 0 Å². The van der Waals surface area contributed by atoms with E-state index in [2.05, 4.69) is 75.8 Å². The van der Waals surface area contributed by atoms with Gasteiger partial charge in [0.15, 0.2) is 0 Å². The van der Waals surface area contributed by atoms with Gasteiger partial charge in [0.2, 0.25) is 11.8 Å². The minimum Gasteiger partial charge on any atom is -0.445 e. The molecule has 2 aliphatic heterocycles. The Balaban J connectivity index is 0.000000229. The number of nitrogens with one attached hydrogen (secondary N) is 2. The molecule has 8 rings (SSSR count). The molecule has 0 aromatic carbocycles. The highest BCUT2D eigenvalue weighted by atomic mass is 35.5. The summed E-state index contributed by atoms with van der Waals surface area (Å²) in [5.74, 6) is -0.387. The third-order valence-corrected chi connectivity index (χ3v) is 22.0. The molecule has 0 spiro atoms. The third-order valence-electron chi connectivity index (χ3n) is 22.0. The number of imide groups is 2. The van der Waals surface area contributed by atoms with E-state index >= 15 is 0 Å². The summed E-state index contributed by atoms with van der Waals surface area (Å²) in [7, 11) is 3.98. The van der Waals surface area contributed by atoms with Gasteiger partial charge in [-0.3, -0.25) is 29.8 Å². The first-order valence-corrected chi connectivity index (χ1v) is 27.3. The van der Waals surface area contributed by atoms with Crippen molar-refractivity contribution in [3.05, 3.63) is 0 Å². The van der Waals surface area contributed by atoms with E-state index in [1.165, 1.54) is 0 Å². The van der Waals surface area contributed by atoms with Crippen LogP contribution in [0.15, 0.2) is 0 Å². The zero-order valence-electron chi connectivity index (χ0n) is 45.9. The molecule has 15 heteroatoms. The number of hydrogen-bond donors (Lipinski definition) is 4. The van der Waals surface area contributed by atoms with E-state index in [0.29, 0.717) is 38.8 Å². The monoisotopic (exact) mass is 1020 g/mol. The molecule has 0 aromatic heterocycles. The topological polar surface area (TPSA) is 192 Å². The number of ketones is 2. The predicted molar refractivity (Wildman–Crippen MR) is 274 cm³/mol. The molecule has 8 aliphatic rings. The van der Waals surface area contributed by atoms with Gasteiger partial charge < -0.3 is 29.5 Å². The number of carbonyl (C=O) groups is 6. The van der Waals surface area contributed by atoms with Crippen molar-refractivity contribution in [2.75, 3.05) is 40.3 Å². The lowest BCUT2D eigenvalue weighted by molar-refractivity contribution is -0.195. The lowest BCUT2D eigenvalue weighted by atomic mass is 9.44. The summed E-state index contributed by atoms with van der Waals surface area (Å²) in [6.07, 6.45) is 5.24. The van der Waals surface area contributed by atoms with Crippen LogP contribution in [0, 0.1) is 91.7 Å². The zero-order chi connectivity index (χ0) is 51.8. The van der Waals surface area contributed by atoms with Crippen molar-refractivity contribution < 1.29 is 48.5 Å². The average molecular weight is 1020 g/mol. The summed E-state index contributed by atoms with van der Waals surface area (Å²) >= 11 is 0. The average Bonchev–Trinajstić information content (AvgIpc) is 3.83. The number of alkyl carbamates (subject to hydrolysis) is 2. The number of Topliss-reactive ketones (excluding diaryl/α,β-unsaturated/α-hetero) is 2. The number of rotatable bonds is 4. The SMILES string of the molecule is C[C@@H]1CCC23CCC(=O)C2[C@]1(C)[C@H](OC(=O)NC(=O)[C@H]1CN(C)CC[C@@H]1C)CC(C)(C)[C@@H](O)[C@@H]3C.C[C@@H]1CCC23CCC(=O)C2[C@]1(C)[C@H](OC(=O)NC(=O)[C@H]1CN(C)CC[C@@H]1C)CC(C)(C)[C@@H](O)[C@@H]3C.Cl. The molecule has 14 nitrogen and oxygen atoms in total. The lowest BCUT2D eigenvalue weighted by Gasteiger charge is -2.61. The van der Waals surface area contributed by atoms with Crippen LogP contribution < -0.4 is 10.6 Å². The highest BCUT2D eigenvalue weighted by Gasteiger charge is 2.70. The van der Waals surface area contributed by atoms with E-state index in [4.69, 9.17) is 9.47 Å². The number of aliphatic hydroxyl groups excluding tert-OH is 2. The number of hydrogen-bond acceptors (Lipinski definition) is 12. The summed E-state index contributed by atoms with van der Waals surface area (Å²) in [6.45, 7) is 28.2. The van der Waals surface area contributed by atoms with Crippen molar-refractivity contribution in [2.45, 2.75) is 185 Å². The first kappa shape index (κ1) is 57.6. The Bertz CT molecular complexity index is 1890. The van der Waals surface area contributed by atoms with Crippen LogP contribution in [0.1, 0.15) is 160 Å². The van der Waals surface area contributed by atoms with Crippen LogP contribution in [0.25, 0.3) is 0 Å². The van der Waals surface area contributed by atoms with Gasteiger partial charge in [-0.15, -0.1) is 12.4 Å². The largest absolute Gasteiger partial charge is 0.445 e. The number of piperidine rings is 2. The molecule has 404 valence electrons. The lowest BCUT2D eigenvalue weighted by Crippen LogP contribution is -2.63. The highest BCUT2D eigenvalue weighted by Crippen LogP contribution is 2.69. The van der Waals surface area contributed by atoms with Gasteiger partial charge in [-0.1, -0.05) is 83.1 Å². The van der Waals surface area contributed by atoms with Crippen molar-refractivity contribution in [3.8, 4) is 0 Å². The van der Waals surface area contributed by atoms with Crippen LogP contribution in [0.2, 0.25) is 0 Å². The Kier molecular flexibility index (Phi) is 16.9. The van der Waals surface area contributed by atoms with Crippen LogP contribution in [0.4, 0.5) is 9.59 Å². The summed E-state index contributed by atoms with van der Waals surface area (Å²) < 4.78 is 12.3. The van der Waals surface area contributed by atoms with Gasteiger partial charge in [-0.05, 0) is 149 Å². The summed E-state index contributed by atoms with van der Waals surface area (Å²) in [6, 6.07) is 0. The molecule has 0 radical (unpaired) electrons. The molecule has 2 heterocycles. The second-order valence-corrected chi connectivity index (χ2v) is 26.8. The van der Waals surface area contributed by atoms with Crippen LogP contribution in [-0.2, 0) is 28.7 Å². The maximum atomic E-state index is 13.4. The smallest absolute Gasteiger partial charge is 0.414 e. The molecule has 4 amide bonds. The minimum atomic E-state index is -0.727. The second kappa shape index (κ2) is 20.8. The van der Waals surface area contributed by atoms with Crippen molar-refractivity contribution in [1.82, 2.24) is 20.4 Å². The fourth-order valence-electron chi connectivity index (χ4n) is 16.8. The molecule has 4 unspecified atom stereocenters. The first-order chi connectivity index (χ1) is 32.5. The van der Waals surface area contributed by atoms with Crippen LogP contribution in [0.5, 0.6) is 0 Å². The van der Waals surface area contributed by atoms with Crippen LogP contribution >= 0.6 is 12.4 Å². The molecule has 2 saturated heterocycles. The molecular formula is C56H93ClN4O10. The van der Waals surface area contributed by atoms with Crippen LogP contribution in [0.3, 0.4) is 0 Å². The molecular weight excluding hydrogens is 924 g/mol. The Morgan fingerprint density at radius 3 is 1.24 bits per heavy atom. The van der Waals surface area contributed by atoms with Gasteiger partial charge in [0.25, 0.3) is 0 Å². The normalized spacial score (nSPS) is 45.1. The van der Waals surface area contributed by atoms with E-state index in [9.17, 15) is 39.0 Å². The van der Waals surface area contributed by atoms with Crippen LogP contribution in [-0.4, -0.2) is 120 Å². The van der Waals surface area contributed by atoms with Gasteiger partial charge in [-0.25, -0.2) is 9.59 Å². The molecule has 6 aliphatic carbocycles. The number of carbonyl (C=O) groups excluding carboxylic acids is 6. The number of aliphatic hydroxyl groups is 2. The number of likely N-dealkylation sites (tertiary alicyclic amines) is 2. The maximum Gasteiger partial charge on any atom is 0.414 e. The Morgan fingerprint density at radius 2 is 0.901 bits per heavy atom. The van der Waals surface area contributed by atoms with E-state index < -0.39 is 58.3 Å². The van der Waals surface area contributed by atoms with E-state index in [0.717, 1.165) is 64.5 Å². The molecule has 6 saturated carbocycles. The van der Waals surface area contributed by atoms with E-state index in [-0.39, 0.29) is 106 Å². The van der Waals surface area contributed by atoms with Gasteiger partial charge in [0, 0.05) is 48.6 Å². The maximum absolute atomic E-state index is 13.4. The standard InChI is InChI=1S/2C28H46N2O5.ClH/c2*1-16-10-13-30(7)15-19(16)24(33)29-25(34)35-21-14-26(4,5)23(32)18(3)28-11-8-17(2)27(21,6)22(28)20(31)9-12-28;/h2*16-19,21-23,32H,8-15H2,1-7H3,(H,29,33,34);1H/t2*16-,17+,18-,19-,21+,22?,23-,27-,28?;/m00./s1. The van der Waals surface area contributed by atoms with E-state index in [1.54, 1.807) is 0 Å². The van der Waals surface area contributed by atoms with Gasteiger partial charge in [0.1, 0.15) is 23.8 Å². The number of ether oxygens (including phenoxy) is 2. The molecule has 0 aromatic rings. The minimum absolute atomic E-state index is 0. The number of amides is 4. The fourth-order valence-corrected chi connectivity index (χ4v) is 16.8. The Morgan fingerprint density at radius 1 is 0.563 bits per heavy atom. The van der Waals surface area contributed by atoms with Crippen molar-refractivity contribution in [1.29, 1.82) is 0 Å². The van der Waals surface area contributed by atoms with E-state index in [1.807, 2.05) is 41.8 Å². The van der Waals surface area contributed by atoms with Gasteiger partial charge in [0.05, 0.1) is 24.0 Å². The van der Waals surface area contributed by atoms with Gasteiger partial charge >= 0.3 is 12.2 Å². The summed E-state index contributed by atoms with van der Waals surface area (Å²) in [5.41, 5.74) is -2.64. The van der Waals surface area contributed by atoms with Crippen molar-refractivity contribution in [2.24, 2.45) is 91.7 Å². The molecule has 4 N–H and O–H groups in total. The third kappa shape index (κ3) is 10.0. The first-order valence-electron chi connectivity index (χ1n) is 27.3. The summed E-state index contributed by atoms with van der Waals surface area (Å²) in [5, 5.41) is 28.1. The molecule has 71 heavy (non-hydrogen) atoms. The Hall–Kier alpha value is -2.65. The van der Waals surface area contributed by atoms with Crippen molar-refractivity contribution >= 4 is 48.0 Å². The molecule has 8 fully saturated rings. The molecule has 18 atom stereocenters. The highest BCUT2D eigenvalue weighted by molar-refractivity contribution is 5.94. The number of halogens is 1. The predicted octanol–water partition coefficient (Wildman–Crippen LogP) is 8.47. The number of nitrogens with zero attached hydrogens (tertiary/aromatic N) is 2. The molecule has 4 bridgehead atoms. The second-order valence-electron chi connectivity index (χ2n) is 26.8. The zero-order valence-corrected chi connectivity index (χ0v) is 46.7. The fraction of sp³-hybridized carbons (Fsp3) is 0.893. The Labute approximate surface area is 431 Å².